The highest BCUT2D eigenvalue weighted by molar-refractivity contribution is 6.30. The highest BCUT2D eigenvalue weighted by atomic mass is 35.5. The summed E-state index contributed by atoms with van der Waals surface area (Å²) in [6.45, 7) is 2.01. The maximum absolute atomic E-state index is 9.39. The van der Waals surface area contributed by atoms with Gasteiger partial charge in [0.15, 0.2) is 0 Å². The predicted octanol–water partition coefficient (Wildman–Crippen LogP) is 2.95. The summed E-state index contributed by atoms with van der Waals surface area (Å²) in [5.41, 5.74) is 0.818. The van der Waals surface area contributed by atoms with Crippen molar-refractivity contribution in [2.45, 2.75) is 0 Å². The maximum Gasteiger partial charge on any atom is 0.219 e. The van der Waals surface area contributed by atoms with E-state index >= 15 is 0 Å². The molecule has 0 unspecified atom stereocenters. The number of benzene rings is 1. The minimum Gasteiger partial charge on any atom is -0.439 e. The van der Waals surface area contributed by atoms with Crippen molar-refractivity contribution in [3.05, 3.63) is 47.6 Å². The normalized spacial score (nSPS) is 15.9. The fraction of sp³-hybridized carbons (Fsp3) is 0.312. The average Bonchev–Trinajstić information content (AvgIpc) is 2.51. The van der Waals surface area contributed by atoms with Crippen molar-refractivity contribution < 1.29 is 14.6 Å². The molecule has 2 heterocycles. The summed E-state index contributed by atoms with van der Waals surface area (Å²) in [6, 6.07) is 11.0. The van der Waals surface area contributed by atoms with Crippen LogP contribution >= 0.6 is 11.6 Å². The van der Waals surface area contributed by atoms with E-state index in [0.717, 1.165) is 5.69 Å². The molecular formula is C16H17ClN2O3. The Hall–Kier alpha value is -1.82. The molecule has 1 aromatic heterocycles. The first-order valence-corrected chi connectivity index (χ1v) is 7.39. The van der Waals surface area contributed by atoms with E-state index in [2.05, 4.69) is 10.3 Å². The van der Waals surface area contributed by atoms with E-state index in [1.807, 2.05) is 24.3 Å². The van der Waals surface area contributed by atoms with Gasteiger partial charge in [-0.1, -0.05) is 11.6 Å². The Morgan fingerprint density at radius 3 is 2.55 bits per heavy atom. The van der Waals surface area contributed by atoms with Crippen LogP contribution in [0.1, 0.15) is 0 Å². The number of hydrogen-bond donors (Lipinski definition) is 2. The minimum atomic E-state index is -0.150. The Kier molecular flexibility index (Phi) is 4.47. The number of aliphatic hydroxyl groups is 1. The topological polar surface area (TPSA) is 63.6 Å². The second kappa shape index (κ2) is 6.52. The van der Waals surface area contributed by atoms with E-state index in [9.17, 15) is 5.11 Å². The molecule has 1 aliphatic heterocycles. The molecule has 0 amide bonds. The Morgan fingerprint density at radius 1 is 1.23 bits per heavy atom. The standard InChI is InChI=1S/C16H17ClN2O3/c17-12-1-6-15(18-7-12)22-14-4-2-13(3-5-14)19-8-16(9-20)10-21-11-16/h1-7,19-20H,8-11H2. The molecule has 22 heavy (non-hydrogen) atoms. The molecule has 2 N–H and O–H groups in total. The van der Waals surface area contributed by atoms with Crippen molar-refractivity contribution in [1.29, 1.82) is 0 Å². The molecule has 0 spiro atoms. The Bertz CT molecular complexity index is 607. The van der Waals surface area contributed by atoms with Crippen LogP contribution in [0.15, 0.2) is 42.6 Å². The quantitative estimate of drug-likeness (QED) is 0.856. The van der Waals surface area contributed by atoms with E-state index in [-0.39, 0.29) is 12.0 Å². The van der Waals surface area contributed by atoms with E-state index < -0.39 is 0 Å². The van der Waals surface area contributed by atoms with Crippen molar-refractivity contribution >= 4 is 17.3 Å². The van der Waals surface area contributed by atoms with Crippen molar-refractivity contribution in [1.82, 2.24) is 4.98 Å². The molecule has 1 saturated heterocycles. The summed E-state index contributed by atoms with van der Waals surface area (Å²) in [6.07, 6.45) is 1.54. The fourth-order valence-corrected chi connectivity index (χ4v) is 2.23. The third-order valence-electron chi connectivity index (χ3n) is 3.60. The van der Waals surface area contributed by atoms with Gasteiger partial charge in [0.25, 0.3) is 0 Å². The molecule has 116 valence electrons. The van der Waals surface area contributed by atoms with Gasteiger partial charge in [0.1, 0.15) is 5.75 Å². The van der Waals surface area contributed by atoms with Crippen LogP contribution in [0.4, 0.5) is 5.69 Å². The third kappa shape index (κ3) is 3.50. The van der Waals surface area contributed by atoms with E-state index in [1.54, 1.807) is 18.3 Å². The van der Waals surface area contributed by atoms with Gasteiger partial charge in [-0.05, 0) is 30.3 Å². The first kappa shape index (κ1) is 15.1. The molecular weight excluding hydrogens is 304 g/mol. The van der Waals surface area contributed by atoms with Crippen LogP contribution in [0.2, 0.25) is 5.02 Å². The second-order valence-electron chi connectivity index (χ2n) is 5.45. The second-order valence-corrected chi connectivity index (χ2v) is 5.88. The molecule has 5 nitrogen and oxygen atoms in total. The van der Waals surface area contributed by atoms with Crippen molar-refractivity contribution in [2.75, 3.05) is 31.7 Å². The summed E-state index contributed by atoms with van der Waals surface area (Å²) < 4.78 is 10.8. The van der Waals surface area contributed by atoms with Gasteiger partial charge in [0, 0.05) is 24.5 Å². The predicted molar refractivity (Wildman–Crippen MR) is 84.6 cm³/mol. The van der Waals surface area contributed by atoms with Gasteiger partial charge in [0.2, 0.25) is 5.88 Å². The van der Waals surface area contributed by atoms with Crippen LogP contribution in [0.5, 0.6) is 11.6 Å². The number of halogens is 1. The fourth-order valence-electron chi connectivity index (χ4n) is 2.11. The lowest BCUT2D eigenvalue weighted by atomic mass is 9.87. The lowest BCUT2D eigenvalue weighted by Gasteiger charge is -2.40. The lowest BCUT2D eigenvalue weighted by molar-refractivity contribution is -0.128. The lowest BCUT2D eigenvalue weighted by Crippen LogP contribution is -2.50. The van der Waals surface area contributed by atoms with Gasteiger partial charge in [0.05, 0.1) is 30.3 Å². The molecule has 2 aromatic rings. The summed E-state index contributed by atoms with van der Waals surface area (Å²) >= 11 is 5.78. The highest BCUT2D eigenvalue weighted by Crippen LogP contribution is 2.28. The van der Waals surface area contributed by atoms with Crippen LogP contribution in [0.3, 0.4) is 0 Å². The number of pyridine rings is 1. The smallest absolute Gasteiger partial charge is 0.219 e. The molecule has 6 heteroatoms. The number of hydrogen-bond acceptors (Lipinski definition) is 5. The van der Waals surface area contributed by atoms with Crippen LogP contribution in [0.25, 0.3) is 0 Å². The van der Waals surface area contributed by atoms with E-state index in [1.165, 1.54) is 0 Å². The summed E-state index contributed by atoms with van der Waals surface area (Å²) in [7, 11) is 0. The molecule has 0 bridgehead atoms. The summed E-state index contributed by atoms with van der Waals surface area (Å²) in [5.74, 6) is 1.19. The van der Waals surface area contributed by atoms with E-state index in [4.69, 9.17) is 21.1 Å². The Balaban J connectivity index is 1.57. The van der Waals surface area contributed by atoms with Crippen LogP contribution in [-0.4, -0.2) is 36.5 Å². The number of aromatic nitrogens is 1. The Labute approximate surface area is 133 Å². The zero-order valence-electron chi connectivity index (χ0n) is 12.0. The molecule has 0 radical (unpaired) electrons. The molecule has 1 fully saturated rings. The van der Waals surface area contributed by atoms with Crippen molar-refractivity contribution in [3.63, 3.8) is 0 Å². The van der Waals surface area contributed by atoms with Gasteiger partial charge >= 0.3 is 0 Å². The van der Waals surface area contributed by atoms with Gasteiger partial charge < -0.3 is 19.9 Å². The monoisotopic (exact) mass is 320 g/mol. The summed E-state index contributed by atoms with van der Waals surface area (Å²) in [5, 5.41) is 13.3. The molecule has 0 aliphatic carbocycles. The molecule has 3 rings (SSSR count). The van der Waals surface area contributed by atoms with E-state index in [0.29, 0.717) is 36.4 Å². The molecule has 0 atom stereocenters. The molecule has 1 aliphatic rings. The molecule has 0 saturated carbocycles. The number of nitrogens with zero attached hydrogens (tertiary/aromatic N) is 1. The van der Waals surface area contributed by atoms with Crippen LogP contribution in [-0.2, 0) is 4.74 Å². The van der Waals surface area contributed by atoms with Gasteiger partial charge in [-0.3, -0.25) is 0 Å². The van der Waals surface area contributed by atoms with Gasteiger partial charge in [-0.25, -0.2) is 4.98 Å². The average molecular weight is 321 g/mol. The zero-order valence-corrected chi connectivity index (χ0v) is 12.7. The van der Waals surface area contributed by atoms with Crippen molar-refractivity contribution in [2.24, 2.45) is 5.41 Å². The third-order valence-corrected chi connectivity index (χ3v) is 3.82. The number of ether oxygens (including phenoxy) is 2. The van der Waals surface area contributed by atoms with Crippen LogP contribution in [0, 0.1) is 5.41 Å². The zero-order chi connectivity index (χ0) is 15.4. The molecule has 1 aromatic carbocycles. The number of nitrogens with one attached hydrogen (secondary N) is 1. The van der Waals surface area contributed by atoms with Gasteiger partial charge in [-0.15, -0.1) is 0 Å². The van der Waals surface area contributed by atoms with Crippen molar-refractivity contribution in [3.8, 4) is 11.6 Å². The number of rotatable bonds is 6. The summed E-state index contributed by atoms with van der Waals surface area (Å²) in [4.78, 5) is 4.08. The largest absolute Gasteiger partial charge is 0.439 e. The SMILES string of the molecule is OCC1(CNc2ccc(Oc3ccc(Cl)cn3)cc2)COC1. The highest BCUT2D eigenvalue weighted by Gasteiger charge is 2.37. The Morgan fingerprint density at radius 2 is 2.00 bits per heavy atom. The first-order valence-electron chi connectivity index (χ1n) is 7.01. The van der Waals surface area contributed by atoms with Gasteiger partial charge in [-0.2, -0.15) is 0 Å². The number of anilines is 1. The van der Waals surface area contributed by atoms with Crippen LogP contribution < -0.4 is 10.1 Å². The minimum absolute atomic E-state index is 0.128. The first-order chi connectivity index (χ1) is 10.7. The maximum atomic E-state index is 9.39. The number of aliphatic hydroxyl groups excluding tert-OH is 1.